The monoisotopic (exact) mass is 195 g/mol. The second-order valence-corrected chi connectivity index (χ2v) is 3.66. The van der Waals surface area contributed by atoms with Crippen molar-refractivity contribution in [2.75, 3.05) is 0 Å². The van der Waals surface area contributed by atoms with E-state index in [9.17, 15) is 4.39 Å². The molecule has 78 valence electrons. The molecule has 0 aromatic carbocycles. The SMILES string of the molecule is CCCC(CCC)c1cccc(F)n1. The van der Waals surface area contributed by atoms with Crippen LogP contribution in [0, 0.1) is 5.95 Å². The number of hydrogen-bond donors (Lipinski definition) is 0. The molecular weight excluding hydrogens is 177 g/mol. The molecule has 1 aromatic heterocycles. The van der Waals surface area contributed by atoms with Crippen LogP contribution in [0.3, 0.4) is 0 Å². The Labute approximate surface area is 85.4 Å². The van der Waals surface area contributed by atoms with Gasteiger partial charge in [-0.05, 0) is 25.0 Å². The maximum absolute atomic E-state index is 12.9. The molecule has 2 heteroatoms. The molecule has 1 nitrogen and oxygen atoms in total. The Balaban J connectivity index is 2.75. The molecule has 0 fully saturated rings. The highest BCUT2D eigenvalue weighted by Crippen LogP contribution is 2.24. The predicted molar refractivity (Wildman–Crippen MR) is 56.8 cm³/mol. The lowest BCUT2D eigenvalue weighted by atomic mass is 9.94. The molecule has 0 amide bonds. The molecule has 0 N–H and O–H groups in total. The normalized spacial score (nSPS) is 10.9. The fraction of sp³-hybridized carbons (Fsp3) is 0.583. The minimum Gasteiger partial charge on any atom is -0.225 e. The van der Waals surface area contributed by atoms with E-state index in [2.05, 4.69) is 18.8 Å². The van der Waals surface area contributed by atoms with Crippen molar-refractivity contribution in [3.8, 4) is 0 Å². The van der Waals surface area contributed by atoms with Gasteiger partial charge in [0.2, 0.25) is 5.95 Å². The standard InChI is InChI=1S/C12H18FN/c1-3-6-10(7-4-2)11-8-5-9-12(13)14-11/h5,8-10H,3-4,6-7H2,1-2H3. The summed E-state index contributed by atoms with van der Waals surface area (Å²) in [5.74, 6) is 0.0698. The molecule has 1 heterocycles. The lowest BCUT2D eigenvalue weighted by molar-refractivity contribution is 0.520. The van der Waals surface area contributed by atoms with Crippen molar-refractivity contribution < 1.29 is 4.39 Å². The van der Waals surface area contributed by atoms with Crippen LogP contribution < -0.4 is 0 Å². The zero-order valence-electron chi connectivity index (χ0n) is 8.96. The van der Waals surface area contributed by atoms with Gasteiger partial charge in [-0.15, -0.1) is 0 Å². The van der Waals surface area contributed by atoms with Gasteiger partial charge in [-0.3, -0.25) is 0 Å². The summed E-state index contributed by atoms with van der Waals surface area (Å²) in [6.45, 7) is 4.31. The first-order chi connectivity index (χ1) is 6.77. The van der Waals surface area contributed by atoms with Gasteiger partial charge in [-0.25, -0.2) is 4.98 Å². The predicted octanol–water partition coefficient (Wildman–Crippen LogP) is 3.90. The molecule has 0 atom stereocenters. The summed E-state index contributed by atoms with van der Waals surface area (Å²) in [6.07, 6.45) is 4.46. The van der Waals surface area contributed by atoms with Gasteiger partial charge in [0.1, 0.15) is 0 Å². The summed E-state index contributed by atoms with van der Waals surface area (Å²) >= 11 is 0. The van der Waals surface area contributed by atoms with E-state index < -0.39 is 0 Å². The molecule has 0 aliphatic carbocycles. The summed E-state index contributed by atoms with van der Waals surface area (Å²) in [6, 6.07) is 5.08. The van der Waals surface area contributed by atoms with E-state index >= 15 is 0 Å². The minimum atomic E-state index is -0.361. The van der Waals surface area contributed by atoms with Crippen LogP contribution in [-0.2, 0) is 0 Å². The van der Waals surface area contributed by atoms with Gasteiger partial charge in [0.05, 0.1) is 0 Å². The van der Waals surface area contributed by atoms with E-state index in [1.165, 1.54) is 6.07 Å². The molecule has 0 aliphatic heterocycles. The van der Waals surface area contributed by atoms with Gasteiger partial charge >= 0.3 is 0 Å². The lowest BCUT2D eigenvalue weighted by Gasteiger charge is -2.14. The quantitative estimate of drug-likeness (QED) is 0.649. The van der Waals surface area contributed by atoms with Crippen molar-refractivity contribution in [2.24, 2.45) is 0 Å². The van der Waals surface area contributed by atoms with Crippen LogP contribution >= 0.6 is 0 Å². The number of hydrogen-bond acceptors (Lipinski definition) is 1. The molecule has 14 heavy (non-hydrogen) atoms. The maximum atomic E-state index is 12.9. The summed E-state index contributed by atoms with van der Waals surface area (Å²) in [4.78, 5) is 3.94. The second kappa shape index (κ2) is 5.74. The molecule has 0 bridgehead atoms. The third-order valence-corrected chi connectivity index (χ3v) is 2.43. The summed E-state index contributed by atoms with van der Waals surface area (Å²) in [7, 11) is 0. The molecule has 1 aromatic rings. The van der Waals surface area contributed by atoms with E-state index in [1.807, 2.05) is 6.07 Å². The van der Waals surface area contributed by atoms with Gasteiger partial charge in [0.15, 0.2) is 0 Å². The number of halogens is 1. The zero-order chi connectivity index (χ0) is 10.4. The first-order valence-electron chi connectivity index (χ1n) is 5.40. The largest absolute Gasteiger partial charge is 0.225 e. The van der Waals surface area contributed by atoms with Crippen LogP contribution in [0.5, 0.6) is 0 Å². The molecule has 0 spiro atoms. The van der Waals surface area contributed by atoms with Gasteiger partial charge < -0.3 is 0 Å². The summed E-state index contributed by atoms with van der Waals surface area (Å²) < 4.78 is 12.9. The average molecular weight is 195 g/mol. The van der Waals surface area contributed by atoms with Crippen molar-refractivity contribution in [3.63, 3.8) is 0 Å². The Morgan fingerprint density at radius 1 is 1.21 bits per heavy atom. The second-order valence-electron chi connectivity index (χ2n) is 3.66. The van der Waals surface area contributed by atoms with Gasteiger partial charge in [0.25, 0.3) is 0 Å². The Morgan fingerprint density at radius 3 is 2.36 bits per heavy atom. The number of pyridine rings is 1. The first kappa shape index (κ1) is 11.2. The molecule has 1 rings (SSSR count). The van der Waals surface area contributed by atoms with Crippen LogP contribution in [0.2, 0.25) is 0 Å². The van der Waals surface area contributed by atoms with Crippen molar-refractivity contribution >= 4 is 0 Å². The van der Waals surface area contributed by atoms with Gasteiger partial charge in [-0.2, -0.15) is 4.39 Å². The highest BCUT2D eigenvalue weighted by molar-refractivity contribution is 5.10. The van der Waals surface area contributed by atoms with E-state index in [4.69, 9.17) is 0 Å². The summed E-state index contributed by atoms with van der Waals surface area (Å²) in [5.41, 5.74) is 0.911. The first-order valence-corrected chi connectivity index (χ1v) is 5.40. The van der Waals surface area contributed by atoms with Crippen molar-refractivity contribution in [3.05, 3.63) is 29.8 Å². The summed E-state index contributed by atoms with van der Waals surface area (Å²) in [5, 5.41) is 0. The average Bonchev–Trinajstić information content (AvgIpc) is 2.17. The number of nitrogens with zero attached hydrogens (tertiary/aromatic N) is 1. The Kier molecular flexibility index (Phi) is 4.57. The zero-order valence-corrected chi connectivity index (χ0v) is 8.96. The van der Waals surface area contributed by atoms with Gasteiger partial charge in [0, 0.05) is 11.6 Å². The highest BCUT2D eigenvalue weighted by atomic mass is 19.1. The van der Waals surface area contributed by atoms with E-state index in [0.29, 0.717) is 5.92 Å². The van der Waals surface area contributed by atoms with Crippen LogP contribution in [0.4, 0.5) is 4.39 Å². The molecule has 0 unspecified atom stereocenters. The van der Waals surface area contributed by atoms with Gasteiger partial charge in [-0.1, -0.05) is 32.8 Å². The Morgan fingerprint density at radius 2 is 1.86 bits per heavy atom. The van der Waals surface area contributed by atoms with Crippen molar-refractivity contribution in [1.82, 2.24) is 4.98 Å². The smallest absolute Gasteiger partial charge is 0.213 e. The van der Waals surface area contributed by atoms with E-state index in [1.54, 1.807) is 6.07 Å². The molecule has 0 saturated heterocycles. The number of aromatic nitrogens is 1. The van der Waals surface area contributed by atoms with Crippen LogP contribution in [0.1, 0.15) is 51.1 Å². The van der Waals surface area contributed by atoms with Crippen LogP contribution in [0.25, 0.3) is 0 Å². The van der Waals surface area contributed by atoms with Crippen molar-refractivity contribution in [1.29, 1.82) is 0 Å². The van der Waals surface area contributed by atoms with E-state index in [-0.39, 0.29) is 5.95 Å². The fourth-order valence-electron chi connectivity index (χ4n) is 1.79. The number of rotatable bonds is 5. The third-order valence-electron chi connectivity index (χ3n) is 2.43. The lowest BCUT2D eigenvalue weighted by Crippen LogP contribution is -2.02. The third kappa shape index (κ3) is 3.09. The topological polar surface area (TPSA) is 12.9 Å². The van der Waals surface area contributed by atoms with E-state index in [0.717, 1.165) is 31.4 Å². The highest BCUT2D eigenvalue weighted by Gasteiger charge is 2.11. The van der Waals surface area contributed by atoms with Crippen LogP contribution in [0.15, 0.2) is 18.2 Å². The molecular formula is C12H18FN. The maximum Gasteiger partial charge on any atom is 0.213 e. The Hall–Kier alpha value is -0.920. The van der Waals surface area contributed by atoms with Crippen LogP contribution in [-0.4, -0.2) is 4.98 Å². The van der Waals surface area contributed by atoms with Crippen molar-refractivity contribution in [2.45, 2.75) is 45.4 Å². The Bertz CT molecular complexity index is 267. The molecule has 0 saturated carbocycles. The molecule has 0 aliphatic rings. The minimum absolute atomic E-state index is 0.361. The molecule has 0 radical (unpaired) electrons. The fourth-order valence-corrected chi connectivity index (χ4v) is 1.79.